The molecule has 0 aliphatic heterocycles. The molecule has 0 aromatic heterocycles. The smallest absolute Gasteiger partial charge is 0.303 e. The number of carboxylic acids is 1. The Balaban J connectivity index is 3.38. The molecule has 0 amide bonds. The van der Waals surface area contributed by atoms with Gasteiger partial charge in [0.05, 0.1) is 0 Å². The van der Waals surface area contributed by atoms with Crippen LogP contribution >= 0.6 is 0 Å². The van der Waals surface area contributed by atoms with Gasteiger partial charge in [0.1, 0.15) is 6.10 Å². The maximum atomic E-state index is 11.7. The van der Waals surface area contributed by atoms with Gasteiger partial charge in [0.15, 0.2) is 5.78 Å². The molecule has 4 heteroatoms. The van der Waals surface area contributed by atoms with E-state index in [4.69, 9.17) is 5.11 Å². The largest absolute Gasteiger partial charge is 0.481 e. The Kier molecular flexibility index (Phi) is 14.4. The fraction of sp³-hybridized carbons (Fsp3) is 0.889. The molecule has 130 valence electrons. The third-order valence-corrected chi connectivity index (χ3v) is 4.02. The van der Waals surface area contributed by atoms with Crippen LogP contribution in [-0.2, 0) is 9.59 Å². The van der Waals surface area contributed by atoms with Crippen LogP contribution in [0.2, 0.25) is 0 Å². The summed E-state index contributed by atoms with van der Waals surface area (Å²) in [6.07, 6.45) is 11.8. The average molecular weight is 314 g/mol. The first kappa shape index (κ1) is 21.1. The van der Waals surface area contributed by atoms with Crippen molar-refractivity contribution in [1.29, 1.82) is 0 Å². The van der Waals surface area contributed by atoms with Crippen LogP contribution in [0, 0.1) is 0 Å². The van der Waals surface area contributed by atoms with Crippen molar-refractivity contribution < 1.29 is 19.8 Å². The Labute approximate surface area is 135 Å². The molecule has 0 saturated heterocycles. The maximum Gasteiger partial charge on any atom is 0.303 e. The summed E-state index contributed by atoms with van der Waals surface area (Å²) in [7, 11) is 0. The fourth-order valence-electron chi connectivity index (χ4n) is 2.55. The minimum atomic E-state index is -0.779. The predicted molar refractivity (Wildman–Crippen MR) is 89.0 cm³/mol. The van der Waals surface area contributed by atoms with Crippen LogP contribution in [0.4, 0.5) is 0 Å². The molecule has 0 bridgehead atoms. The minimum Gasteiger partial charge on any atom is -0.481 e. The van der Waals surface area contributed by atoms with Crippen LogP contribution in [0.5, 0.6) is 0 Å². The summed E-state index contributed by atoms with van der Waals surface area (Å²) in [4.78, 5) is 22.1. The monoisotopic (exact) mass is 314 g/mol. The van der Waals surface area contributed by atoms with Crippen molar-refractivity contribution >= 4 is 11.8 Å². The first-order chi connectivity index (χ1) is 10.6. The highest BCUT2D eigenvalue weighted by Crippen LogP contribution is 2.12. The highest BCUT2D eigenvalue weighted by molar-refractivity contribution is 5.82. The van der Waals surface area contributed by atoms with E-state index in [1.165, 1.54) is 19.3 Å². The summed E-state index contributed by atoms with van der Waals surface area (Å²) in [5, 5.41) is 18.3. The van der Waals surface area contributed by atoms with E-state index in [0.29, 0.717) is 12.8 Å². The van der Waals surface area contributed by atoms with Gasteiger partial charge in [0, 0.05) is 12.8 Å². The van der Waals surface area contributed by atoms with Gasteiger partial charge in [-0.3, -0.25) is 9.59 Å². The molecular weight excluding hydrogens is 280 g/mol. The molecule has 0 radical (unpaired) electrons. The lowest BCUT2D eigenvalue weighted by molar-refractivity contribution is -0.137. The van der Waals surface area contributed by atoms with Crippen LogP contribution in [0.3, 0.4) is 0 Å². The summed E-state index contributed by atoms with van der Waals surface area (Å²) < 4.78 is 0. The lowest BCUT2D eigenvalue weighted by Crippen LogP contribution is -2.19. The Hall–Kier alpha value is -0.900. The van der Waals surface area contributed by atoms with Gasteiger partial charge >= 0.3 is 5.97 Å². The number of hydrogen-bond donors (Lipinski definition) is 2. The van der Waals surface area contributed by atoms with Crippen molar-refractivity contribution in [2.24, 2.45) is 0 Å². The maximum absolute atomic E-state index is 11.7. The molecule has 22 heavy (non-hydrogen) atoms. The lowest BCUT2D eigenvalue weighted by Gasteiger charge is -2.09. The zero-order valence-corrected chi connectivity index (χ0v) is 14.2. The number of carbonyl (C=O) groups is 2. The molecule has 0 aromatic rings. The molecule has 0 aliphatic rings. The molecule has 0 spiro atoms. The lowest BCUT2D eigenvalue weighted by atomic mass is 10.0. The molecule has 0 rings (SSSR count). The normalized spacial score (nSPS) is 12.3. The number of ketones is 1. The summed E-state index contributed by atoms with van der Waals surface area (Å²) in [6.45, 7) is 2.17. The number of hydrogen-bond acceptors (Lipinski definition) is 3. The van der Waals surface area contributed by atoms with Gasteiger partial charge in [-0.15, -0.1) is 0 Å². The fourth-order valence-corrected chi connectivity index (χ4v) is 2.55. The molecule has 0 heterocycles. The number of aliphatic hydroxyl groups is 1. The van der Waals surface area contributed by atoms with Gasteiger partial charge in [-0.2, -0.15) is 0 Å². The topological polar surface area (TPSA) is 74.6 Å². The molecule has 4 nitrogen and oxygen atoms in total. The van der Waals surface area contributed by atoms with Crippen molar-refractivity contribution in [2.45, 2.75) is 103 Å². The van der Waals surface area contributed by atoms with Gasteiger partial charge in [-0.25, -0.2) is 0 Å². The van der Waals surface area contributed by atoms with Crippen LogP contribution in [0.1, 0.15) is 96.8 Å². The number of carboxylic acid groups (broad SMARTS) is 1. The number of rotatable bonds is 16. The highest BCUT2D eigenvalue weighted by Gasteiger charge is 2.13. The number of Topliss-reactive ketones (excluding diaryl/α,β-unsaturated/α-hetero) is 1. The second-order valence-electron chi connectivity index (χ2n) is 6.20. The highest BCUT2D eigenvalue weighted by atomic mass is 16.4. The van der Waals surface area contributed by atoms with Crippen molar-refractivity contribution in [2.75, 3.05) is 0 Å². The summed E-state index contributed by atoms with van der Waals surface area (Å²) in [5.74, 6) is -0.728. The number of carbonyl (C=O) groups excluding carboxylic acids is 1. The second-order valence-corrected chi connectivity index (χ2v) is 6.20. The van der Waals surface area contributed by atoms with Crippen molar-refractivity contribution in [3.05, 3.63) is 0 Å². The zero-order chi connectivity index (χ0) is 16.6. The van der Waals surface area contributed by atoms with Crippen molar-refractivity contribution in [3.63, 3.8) is 0 Å². The molecule has 0 saturated carbocycles. The van der Waals surface area contributed by atoms with Crippen molar-refractivity contribution in [1.82, 2.24) is 0 Å². The number of unbranched alkanes of at least 4 members (excludes halogenated alkanes) is 9. The molecule has 2 N–H and O–H groups in total. The SMILES string of the molecule is CCCCCCCC(=O)C(O)CCCCCCCCC(=O)O. The van der Waals surface area contributed by atoms with Gasteiger partial charge in [0.2, 0.25) is 0 Å². The Morgan fingerprint density at radius 2 is 1.27 bits per heavy atom. The zero-order valence-electron chi connectivity index (χ0n) is 14.2. The third-order valence-electron chi connectivity index (χ3n) is 4.02. The third kappa shape index (κ3) is 14.1. The van der Waals surface area contributed by atoms with Gasteiger partial charge < -0.3 is 10.2 Å². The molecule has 1 unspecified atom stereocenters. The van der Waals surface area contributed by atoms with Crippen LogP contribution in [0.15, 0.2) is 0 Å². The van der Waals surface area contributed by atoms with Gasteiger partial charge in [-0.05, 0) is 19.3 Å². The molecule has 0 fully saturated rings. The van der Waals surface area contributed by atoms with E-state index >= 15 is 0 Å². The van der Waals surface area contributed by atoms with Gasteiger partial charge in [0.25, 0.3) is 0 Å². The average Bonchev–Trinajstić information content (AvgIpc) is 2.48. The molecular formula is C18H34O4. The van der Waals surface area contributed by atoms with Crippen LogP contribution in [-0.4, -0.2) is 28.1 Å². The minimum absolute atomic E-state index is 0.00189. The van der Waals surface area contributed by atoms with Crippen molar-refractivity contribution in [3.8, 4) is 0 Å². The van der Waals surface area contributed by atoms with E-state index in [2.05, 4.69) is 6.92 Å². The van der Waals surface area contributed by atoms with E-state index in [-0.39, 0.29) is 12.2 Å². The number of aliphatic carboxylic acids is 1. The molecule has 0 aromatic carbocycles. The Bertz CT molecular complexity index is 289. The Morgan fingerprint density at radius 3 is 1.86 bits per heavy atom. The summed E-state index contributed by atoms with van der Waals surface area (Å²) in [6, 6.07) is 0. The van der Waals surface area contributed by atoms with E-state index < -0.39 is 12.1 Å². The summed E-state index contributed by atoms with van der Waals surface area (Å²) >= 11 is 0. The van der Waals surface area contributed by atoms with E-state index in [0.717, 1.165) is 51.4 Å². The quantitative estimate of drug-likeness (QED) is 0.412. The first-order valence-corrected chi connectivity index (χ1v) is 9.00. The standard InChI is InChI=1S/C18H34O4/c1-2-3-4-7-10-13-16(19)17(20)14-11-8-5-6-9-12-15-18(21)22/h17,20H,2-15H2,1H3,(H,21,22). The number of aliphatic hydroxyl groups excluding tert-OH is 1. The van der Waals surface area contributed by atoms with E-state index in [9.17, 15) is 14.7 Å². The van der Waals surface area contributed by atoms with Crippen LogP contribution in [0.25, 0.3) is 0 Å². The first-order valence-electron chi connectivity index (χ1n) is 9.00. The Morgan fingerprint density at radius 1 is 0.773 bits per heavy atom. The van der Waals surface area contributed by atoms with Crippen LogP contribution < -0.4 is 0 Å². The molecule has 1 atom stereocenters. The predicted octanol–water partition coefficient (Wildman–Crippen LogP) is 4.48. The molecule has 0 aliphatic carbocycles. The second kappa shape index (κ2) is 15.0. The van der Waals surface area contributed by atoms with E-state index in [1.807, 2.05) is 0 Å². The summed E-state index contributed by atoms with van der Waals surface area (Å²) in [5.41, 5.74) is 0. The van der Waals surface area contributed by atoms with Gasteiger partial charge in [-0.1, -0.05) is 64.7 Å². The van der Waals surface area contributed by atoms with E-state index in [1.54, 1.807) is 0 Å².